The van der Waals surface area contributed by atoms with E-state index in [1.165, 1.54) is 18.2 Å². The summed E-state index contributed by atoms with van der Waals surface area (Å²) in [6, 6.07) is 12.0. The minimum Gasteiger partial charge on any atom is -0.417 e. The first kappa shape index (κ1) is 27.6. The monoisotopic (exact) mass is 560 g/mol. The Morgan fingerprint density at radius 2 is 1.80 bits per heavy atom. The topological polar surface area (TPSA) is 104 Å². The molecule has 2 aliphatic rings. The zero-order chi connectivity index (χ0) is 28.7. The average molecular weight is 561 g/mol. The summed E-state index contributed by atoms with van der Waals surface area (Å²) in [5, 5.41) is 5.90. The molecule has 0 bridgehead atoms. The van der Waals surface area contributed by atoms with Crippen LogP contribution in [0.1, 0.15) is 41.7 Å². The summed E-state index contributed by atoms with van der Waals surface area (Å²) in [5.41, 5.74) is 0.377. The van der Waals surface area contributed by atoms with Crippen molar-refractivity contribution in [2.24, 2.45) is 5.41 Å². The molecule has 1 aromatic heterocycles. The number of hydrogen-bond acceptors (Lipinski definition) is 5. The van der Waals surface area contributed by atoms with Crippen molar-refractivity contribution in [2.45, 2.75) is 37.9 Å². The number of halogens is 4. The van der Waals surface area contributed by atoms with Crippen molar-refractivity contribution in [1.82, 2.24) is 20.5 Å². The van der Waals surface area contributed by atoms with Gasteiger partial charge in [0, 0.05) is 36.0 Å². The Labute approximate surface area is 227 Å². The Morgan fingerprint density at radius 3 is 2.48 bits per heavy atom. The van der Waals surface area contributed by atoms with Gasteiger partial charge in [-0.15, -0.1) is 0 Å². The highest BCUT2D eigenvalue weighted by Gasteiger charge is 2.52. The number of amides is 2. The number of carbonyl (C=O) groups excluding carboxylic acids is 3. The largest absolute Gasteiger partial charge is 0.491 e. The SMILES string of the molecule is C[C@@H](CN1CCC2(CC1)C(=O)NC[C@H]2c1ccc(F)cc1)NC(=O)c1[nH]c2ccccc2c1OC(=O)C(F)(F)F. The summed E-state index contributed by atoms with van der Waals surface area (Å²) in [7, 11) is 0. The third kappa shape index (κ3) is 5.27. The van der Waals surface area contributed by atoms with E-state index >= 15 is 0 Å². The molecule has 2 amide bonds. The van der Waals surface area contributed by atoms with Gasteiger partial charge in [-0.3, -0.25) is 9.59 Å². The number of alkyl halides is 3. The normalized spacial score (nSPS) is 19.9. The molecule has 212 valence electrons. The van der Waals surface area contributed by atoms with Gasteiger partial charge in [0.15, 0.2) is 5.75 Å². The second-order valence-electron chi connectivity index (χ2n) is 10.4. The van der Waals surface area contributed by atoms with E-state index in [1.54, 1.807) is 37.3 Å². The standard InChI is InChI=1S/C28H28F4N4O4/c1-16(34-24(37)22-23(40-26(39)28(30,31)32)19-4-2-3-5-21(19)35-22)15-36-12-10-27(11-13-36)20(14-33-25(27)38)17-6-8-18(29)9-7-17/h2-9,16,20,35H,10-15H2,1H3,(H,33,38)(H,34,37)/t16-,20-/m0/s1. The lowest BCUT2D eigenvalue weighted by molar-refractivity contribution is -0.189. The van der Waals surface area contributed by atoms with Crippen molar-refractivity contribution in [1.29, 1.82) is 0 Å². The van der Waals surface area contributed by atoms with Crippen molar-refractivity contribution < 1.29 is 36.7 Å². The number of esters is 1. The fourth-order valence-electron chi connectivity index (χ4n) is 5.83. The molecule has 5 rings (SSSR count). The highest BCUT2D eigenvalue weighted by molar-refractivity contribution is 6.04. The minimum absolute atomic E-state index is 0.0115. The molecule has 2 atom stereocenters. The van der Waals surface area contributed by atoms with Gasteiger partial charge in [-0.1, -0.05) is 24.3 Å². The van der Waals surface area contributed by atoms with Crippen molar-refractivity contribution in [3.8, 4) is 5.75 Å². The molecular formula is C28H28F4N4O4. The lowest BCUT2D eigenvalue weighted by Crippen LogP contribution is -2.49. The lowest BCUT2D eigenvalue weighted by Gasteiger charge is -2.41. The molecule has 3 aromatic rings. The Bertz CT molecular complexity index is 1430. The number of para-hydroxylation sites is 1. The molecular weight excluding hydrogens is 532 g/mol. The zero-order valence-electron chi connectivity index (χ0n) is 21.6. The maximum absolute atomic E-state index is 13.4. The van der Waals surface area contributed by atoms with Crippen molar-refractivity contribution in [2.75, 3.05) is 26.2 Å². The molecule has 2 aromatic carbocycles. The molecule has 12 heteroatoms. The Morgan fingerprint density at radius 1 is 1.12 bits per heavy atom. The number of carbonyl (C=O) groups is 3. The van der Waals surface area contributed by atoms with Crippen LogP contribution >= 0.6 is 0 Å². The van der Waals surface area contributed by atoms with E-state index in [0.29, 0.717) is 44.5 Å². The lowest BCUT2D eigenvalue weighted by atomic mass is 9.68. The number of likely N-dealkylation sites (tertiary alicyclic amines) is 1. The van der Waals surface area contributed by atoms with Crippen LogP contribution in [0.5, 0.6) is 5.75 Å². The Hall–Kier alpha value is -3.93. The molecule has 3 heterocycles. The van der Waals surface area contributed by atoms with Crippen LogP contribution in [0, 0.1) is 11.2 Å². The van der Waals surface area contributed by atoms with Crippen LogP contribution in [-0.2, 0) is 9.59 Å². The van der Waals surface area contributed by atoms with Crippen LogP contribution in [0.3, 0.4) is 0 Å². The summed E-state index contributed by atoms with van der Waals surface area (Å²) in [6.07, 6.45) is -4.06. The number of hydrogen-bond donors (Lipinski definition) is 3. The van der Waals surface area contributed by atoms with E-state index < -0.39 is 35.3 Å². The smallest absolute Gasteiger partial charge is 0.417 e. The summed E-state index contributed by atoms with van der Waals surface area (Å²) in [5.74, 6) is -4.03. The van der Waals surface area contributed by atoms with Crippen LogP contribution in [0.25, 0.3) is 10.9 Å². The molecule has 2 fully saturated rings. The van der Waals surface area contributed by atoms with Gasteiger partial charge in [0.25, 0.3) is 5.91 Å². The molecule has 0 radical (unpaired) electrons. The van der Waals surface area contributed by atoms with E-state index in [9.17, 15) is 31.9 Å². The molecule has 0 unspecified atom stereocenters. The predicted octanol–water partition coefficient (Wildman–Crippen LogP) is 3.89. The van der Waals surface area contributed by atoms with Gasteiger partial charge in [-0.25, -0.2) is 9.18 Å². The van der Waals surface area contributed by atoms with Gasteiger partial charge in [-0.2, -0.15) is 13.2 Å². The molecule has 0 saturated carbocycles. The second kappa shape index (κ2) is 10.6. The first-order valence-electron chi connectivity index (χ1n) is 12.9. The van der Waals surface area contributed by atoms with Gasteiger partial charge >= 0.3 is 12.1 Å². The highest BCUT2D eigenvalue weighted by atomic mass is 19.4. The van der Waals surface area contributed by atoms with Gasteiger partial charge in [0.1, 0.15) is 11.5 Å². The fraction of sp³-hybridized carbons (Fsp3) is 0.393. The third-order valence-electron chi connectivity index (χ3n) is 7.83. The number of benzene rings is 2. The van der Waals surface area contributed by atoms with Gasteiger partial charge in [0.2, 0.25) is 5.91 Å². The third-order valence-corrected chi connectivity index (χ3v) is 7.83. The van der Waals surface area contributed by atoms with Crippen LogP contribution < -0.4 is 15.4 Å². The molecule has 40 heavy (non-hydrogen) atoms. The van der Waals surface area contributed by atoms with Crippen LogP contribution in [-0.4, -0.2) is 66.1 Å². The number of nitrogens with zero attached hydrogens (tertiary/aromatic N) is 1. The molecule has 8 nitrogen and oxygen atoms in total. The summed E-state index contributed by atoms with van der Waals surface area (Å²) in [4.78, 5) is 42.4. The van der Waals surface area contributed by atoms with Crippen molar-refractivity contribution in [3.05, 3.63) is 65.6 Å². The van der Waals surface area contributed by atoms with E-state index in [0.717, 1.165) is 5.56 Å². The number of H-pyrrole nitrogens is 1. The summed E-state index contributed by atoms with van der Waals surface area (Å²) >= 11 is 0. The van der Waals surface area contributed by atoms with Gasteiger partial charge in [0.05, 0.1) is 5.41 Å². The highest BCUT2D eigenvalue weighted by Crippen LogP contribution is 2.47. The first-order chi connectivity index (χ1) is 19.0. The van der Waals surface area contributed by atoms with Crippen molar-refractivity contribution >= 4 is 28.7 Å². The van der Waals surface area contributed by atoms with Crippen LogP contribution in [0.2, 0.25) is 0 Å². The average Bonchev–Trinajstić information content (AvgIpc) is 3.43. The molecule has 0 aliphatic carbocycles. The number of aromatic nitrogens is 1. The van der Waals surface area contributed by atoms with Gasteiger partial charge < -0.3 is 25.3 Å². The van der Waals surface area contributed by atoms with E-state index in [-0.39, 0.29) is 28.7 Å². The Kier molecular flexibility index (Phi) is 7.30. The number of fused-ring (bicyclic) bond motifs is 1. The number of nitrogens with one attached hydrogen (secondary N) is 3. The zero-order valence-corrected chi connectivity index (χ0v) is 21.6. The molecule has 2 aliphatic heterocycles. The number of ether oxygens (including phenoxy) is 1. The maximum Gasteiger partial charge on any atom is 0.491 e. The number of aromatic amines is 1. The first-order valence-corrected chi connectivity index (χ1v) is 12.9. The van der Waals surface area contributed by atoms with Crippen LogP contribution in [0.15, 0.2) is 48.5 Å². The quantitative estimate of drug-likeness (QED) is 0.314. The van der Waals surface area contributed by atoms with Gasteiger partial charge in [-0.05, 0) is 62.7 Å². The van der Waals surface area contributed by atoms with Crippen molar-refractivity contribution in [3.63, 3.8) is 0 Å². The fourth-order valence-corrected chi connectivity index (χ4v) is 5.83. The maximum atomic E-state index is 13.4. The predicted molar refractivity (Wildman–Crippen MR) is 137 cm³/mol. The molecule has 2 saturated heterocycles. The number of piperidine rings is 1. The molecule has 3 N–H and O–H groups in total. The Balaban J connectivity index is 1.24. The second-order valence-corrected chi connectivity index (χ2v) is 10.4. The summed E-state index contributed by atoms with van der Waals surface area (Å²) < 4.78 is 56.7. The van der Waals surface area contributed by atoms with E-state index in [4.69, 9.17) is 0 Å². The van der Waals surface area contributed by atoms with Crippen LogP contribution in [0.4, 0.5) is 17.6 Å². The van der Waals surface area contributed by atoms with E-state index in [2.05, 4.69) is 25.3 Å². The number of rotatable bonds is 6. The minimum atomic E-state index is -5.23. The van der Waals surface area contributed by atoms with E-state index in [1.807, 2.05) is 0 Å². The molecule has 1 spiro atoms. The summed E-state index contributed by atoms with van der Waals surface area (Å²) in [6.45, 7) is 3.86.